The Morgan fingerprint density at radius 3 is 2.59 bits per heavy atom. The number of aliphatic carboxylic acids is 1. The number of amides is 1. The minimum absolute atomic E-state index is 0.196. The van der Waals surface area contributed by atoms with Gasteiger partial charge in [-0.3, -0.25) is 15.0 Å². The van der Waals surface area contributed by atoms with E-state index in [9.17, 15) is 14.9 Å². The highest BCUT2D eigenvalue weighted by atomic mass is 16.4. The number of carbonyl (C=O) groups is 2. The van der Waals surface area contributed by atoms with Crippen LogP contribution in [-0.4, -0.2) is 28.0 Å². The fourth-order valence-corrected chi connectivity index (χ4v) is 3.09. The summed E-state index contributed by atoms with van der Waals surface area (Å²) in [6.07, 6.45) is 2.78. The molecular weight excluding hydrogens is 346 g/mol. The number of carboxylic acids is 1. The molecule has 0 aliphatic heterocycles. The molecule has 0 fully saturated rings. The summed E-state index contributed by atoms with van der Waals surface area (Å²) >= 11 is 0. The van der Waals surface area contributed by atoms with E-state index in [1.165, 1.54) is 11.1 Å². The standard InChI is InChI=1S/C19H19N5O3/c20-9-15-5-12(11-22-24-17(25)8-18(26)27)10-21-19(15)23-16-6-13-3-1-2-4-14(13)7-16/h1-5,10,16,22H,6-8,11H2,(H,21,23)(H,24,25)(H,26,27). The summed E-state index contributed by atoms with van der Waals surface area (Å²) in [7, 11) is 0. The van der Waals surface area contributed by atoms with Crippen LogP contribution in [-0.2, 0) is 29.0 Å². The van der Waals surface area contributed by atoms with Gasteiger partial charge in [0.2, 0.25) is 5.91 Å². The average Bonchev–Trinajstić information content (AvgIpc) is 3.04. The normalized spacial score (nSPS) is 12.9. The Morgan fingerprint density at radius 2 is 1.96 bits per heavy atom. The largest absolute Gasteiger partial charge is 0.481 e. The number of nitrogens with one attached hydrogen (secondary N) is 3. The summed E-state index contributed by atoms with van der Waals surface area (Å²) in [5.41, 5.74) is 8.66. The highest BCUT2D eigenvalue weighted by molar-refractivity contribution is 5.93. The van der Waals surface area contributed by atoms with E-state index in [0.29, 0.717) is 16.9 Å². The van der Waals surface area contributed by atoms with Crippen molar-refractivity contribution in [1.82, 2.24) is 15.8 Å². The molecule has 8 nitrogen and oxygen atoms in total. The quantitative estimate of drug-likeness (QED) is 0.428. The van der Waals surface area contributed by atoms with Crippen LogP contribution >= 0.6 is 0 Å². The first-order valence-corrected chi connectivity index (χ1v) is 8.51. The molecule has 1 aromatic carbocycles. The van der Waals surface area contributed by atoms with E-state index in [2.05, 4.69) is 39.4 Å². The molecule has 1 aliphatic carbocycles. The van der Waals surface area contributed by atoms with E-state index >= 15 is 0 Å². The van der Waals surface area contributed by atoms with Crippen LogP contribution < -0.4 is 16.2 Å². The van der Waals surface area contributed by atoms with Crippen LogP contribution in [0.15, 0.2) is 36.5 Å². The molecule has 1 aromatic heterocycles. The lowest BCUT2D eigenvalue weighted by molar-refractivity contribution is -0.141. The molecule has 0 saturated heterocycles. The third-order valence-electron chi connectivity index (χ3n) is 4.29. The second kappa shape index (κ2) is 8.29. The number of aromatic nitrogens is 1. The molecule has 0 bridgehead atoms. The van der Waals surface area contributed by atoms with Gasteiger partial charge in [0.25, 0.3) is 0 Å². The number of pyridine rings is 1. The minimum atomic E-state index is -1.20. The lowest BCUT2D eigenvalue weighted by Crippen LogP contribution is -2.37. The van der Waals surface area contributed by atoms with E-state index in [-0.39, 0.29) is 12.6 Å². The summed E-state index contributed by atoms with van der Waals surface area (Å²) in [6.45, 7) is 0.224. The molecule has 138 valence electrons. The second-order valence-electron chi connectivity index (χ2n) is 6.34. The fourth-order valence-electron chi connectivity index (χ4n) is 3.09. The molecule has 1 amide bonds. The van der Waals surface area contributed by atoms with Crippen LogP contribution in [0.5, 0.6) is 0 Å². The van der Waals surface area contributed by atoms with Gasteiger partial charge in [-0.25, -0.2) is 10.4 Å². The fraction of sp³-hybridized carbons (Fsp3) is 0.263. The van der Waals surface area contributed by atoms with Crippen molar-refractivity contribution in [3.05, 3.63) is 58.8 Å². The zero-order chi connectivity index (χ0) is 19.2. The van der Waals surface area contributed by atoms with Crippen molar-refractivity contribution >= 4 is 17.7 Å². The maximum Gasteiger partial charge on any atom is 0.312 e. The first-order chi connectivity index (χ1) is 13.0. The molecule has 0 atom stereocenters. The number of hydrogen-bond donors (Lipinski definition) is 4. The summed E-state index contributed by atoms with van der Waals surface area (Å²) in [4.78, 5) is 26.1. The smallest absolute Gasteiger partial charge is 0.312 e. The molecule has 0 radical (unpaired) electrons. The molecule has 1 aliphatic rings. The molecule has 4 N–H and O–H groups in total. The van der Waals surface area contributed by atoms with Crippen molar-refractivity contribution in [3.63, 3.8) is 0 Å². The number of carboxylic acid groups (broad SMARTS) is 1. The van der Waals surface area contributed by atoms with Crippen molar-refractivity contribution in [2.45, 2.75) is 31.8 Å². The molecular formula is C19H19N5O3. The zero-order valence-electron chi connectivity index (χ0n) is 14.5. The van der Waals surface area contributed by atoms with Gasteiger partial charge in [0, 0.05) is 18.8 Å². The Bertz CT molecular complexity index is 881. The third kappa shape index (κ3) is 4.80. The maximum absolute atomic E-state index is 11.3. The molecule has 2 aromatic rings. The van der Waals surface area contributed by atoms with E-state index in [0.717, 1.165) is 12.8 Å². The molecule has 0 spiro atoms. The number of carbonyl (C=O) groups excluding carboxylic acids is 1. The third-order valence-corrected chi connectivity index (χ3v) is 4.29. The molecule has 0 unspecified atom stereocenters. The second-order valence-corrected chi connectivity index (χ2v) is 6.34. The van der Waals surface area contributed by atoms with Gasteiger partial charge in [-0.2, -0.15) is 5.26 Å². The number of anilines is 1. The van der Waals surface area contributed by atoms with Gasteiger partial charge in [-0.15, -0.1) is 0 Å². The lowest BCUT2D eigenvalue weighted by atomic mass is 10.1. The molecule has 3 rings (SSSR count). The van der Waals surface area contributed by atoms with Crippen LogP contribution in [0, 0.1) is 11.3 Å². The minimum Gasteiger partial charge on any atom is -0.481 e. The molecule has 0 saturated carbocycles. The number of nitrogens with zero attached hydrogens (tertiary/aromatic N) is 2. The first-order valence-electron chi connectivity index (χ1n) is 8.51. The van der Waals surface area contributed by atoms with Gasteiger partial charge in [0.1, 0.15) is 18.3 Å². The van der Waals surface area contributed by atoms with Crippen molar-refractivity contribution in [1.29, 1.82) is 5.26 Å². The van der Waals surface area contributed by atoms with Gasteiger partial charge < -0.3 is 10.4 Å². The zero-order valence-corrected chi connectivity index (χ0v) is 14.5. The maximum atomic E-state index is 11.3. The SMILES string of the molecule is N#Cc1cc(CNNC(=O)CC(=O)O)cnc1NC1Cc2ccccc2C1. The number of fused-ring (bicyclic) bond motifs is 1. The van der Waals surface area contributed by atoms with Crippen molar-refractivity contribution < 1.29 is 14.7 Å². The number of nitriles is 1. The van der Waals surface area contributed by atoms with E-state index in [1.807, 2.05) is 12.1 Å². The summed E-state index contributed by atoms with van der Waals surface area (Å²) in [5, 5.41) is 21.3. The Hall–Kier alpha value is -3.44. The molecule has 1 heterocycles. The van der Waals surface area contributed by atoms with Gasteiger partial charge in [-0.05, 0) is 35.6 Å². The van der Waals surface area contributed by atoms with Gasteiger partial charge in [0.15, 0.2) is 0 Å². The lowest BCUT2D eigenvalue weighted by Gasteiger charge is -2.14. The van der Waals surface area contributed by atoms with Crippen molar-refractivity contribution in [2.75, 3.05) is 5.32 Å². The Kier molecular flexibility index (Phi) is 5.64. The molecule has 8 heteroatoms. The predicted octanol–water partition coefficient (Wildman–Crippen LogP) is 1.13. The van der Waals surface area contributed by atoms with Crippen molar-refractivity contribution in [3.8, 4) is 6.07 Å². The molecule has 27 heavy (non-hydrogen) atoms. The van der Waals surface area contributed by atoms with Crippen molar-refractivity contribution in [2.24, 2.45) is 0 Å². The summed E-state index contributed by atoms with van der Waals surface area (Å²) in [5.74, 6) is -1.31. The number of hydrogen-bond acceptors (Lipinski definition) is 6. The topological polar surface area (TPSA) is 127 Å². The van der Waals surface area contributed by atoms with Crippen LogP contribution in [0.1, 0.15) is 28.7 Å². The Labute approximate surface area is 156 Å². The first kappa shape index (κ1) is 18.4. The number of hydrazine groups is 1. The number of benzene rings is 1. The van der Waals surface area contributed by atoms with Gasteiger partial charge in [0.05, 0.1) is 5.56 Å². The summed E-state index contributed by atoms with van der Waals surface area (Å²) < 4.78 is 0. The predicted molar refractivity (Wildman–Crippen MR) is 97.4 cm³/mol. The number of rotatable bonds is 7. The Morgan fingerprint density at radius 1 is 1.26 bits per heavy atom. The van der Waals surface area contributed by atoms with Crippen LogP contribution in [0.4, 0.5) is 5.82 Å². The van der Waals surface area contributed by atoms with Crippen LogP contribution in [0.3, 0.4) is 0 Å². The Balaban J connectivity index is 1.58. The highest BCUT2D eigenvalue weighted by Gasteiger charge is 2.22. The van der Waals surface area contributed by atoms with Crippen LogP contribution in [0.25, 0.3) is 0 Å². The van der Waals surface area contributed by atoms with Gasteiger partial charge in [-0.1, -0.05) is 24.3 Å². The highest BCUT2D eigenvalue weighted by Crippen LogP contribution is 2.25. The van der Waals surface area contributed by atoms with E-state index in [1.54, 1.807) is 12.3 Å². The summed E-state index contributed by atoms with van der Waals surface area (Å²) in [6, 6.07) is 12.3. The van der Waals surface area contributed by atoms with E-state index in [4.69, 9.17) is 5.11 Å². The monoisotopic (exact) mass is 365 g/mol. The van der Waals surface area contributed by atoms with E-state index < -0.39 is 18.3 Å². The van der Waals surface area contributed by atoms with Gasteiger partial charge >= 0.3 is 5.97 Å². The van der Waals surface area contributed by atoms with Crippen LogP contribution in [0.2, 0.25) is 0 Å². The average molecular weight is 365 g/mol.